The third-order valence-corrected chi connectivity index (χ3v) is 2.66. The predicted octanol–water partition coefficient (Wildman–Crippen LogP) is 0.512. The normalized spacial score (nSPS) is 13.6. The summed E-state index contributed by atoms with van der Waals surface area (Å²) in [6.45, 7) is 7.01. The van der Waals surface area contributed by atoms with Crippen molar-refractivity contribution in [3.05, 3.63) is 24.2 Å². The highest BCUT2D eigenvalue weighted by Gasteiger charge is 2.17. The van der Waals surface area contributed by atoms with E-state index >= 15 is 0 Å². The maximum atomic E-state index is 11.8. The van der Waals surface area contributed by atoms with E-state index in [4.69, 9.17) is 4.42 Å². The van der Waals surface area contributed by atoms with E-state index < -0.39 is 6.04 Å². The Kier molecular flexibility index (Phi) is 6.08. The number of nitrogens with one attached hydrogen (secondary N) is 3. The number of carbonyl (C=O) groups is 2. The lowest BCUT2D eigenvalue weighted by molar-refractivity contribution is -0.122. The topological polar surface area (TPSA) is 83.4 Å². The molecular formula is C13H21N3O3. The van der Waals surface area contributed by atoms with Crippen molar-refractivity contribution in [3.63, 3.8) is 0 Å². The van der Waals surface area contributed by atoms with Gasteiger partial charge in [0.2, 0.25) is 5.91 Å². The zero-order valence-electron chi connectivity index (χ0n) is 11.5. The molecule has 6 nitrogen and oxygen atoms in total. The van der Waals surface area contributed by atoms with Crippen LogP contribution in [0.3, 0.4) is 0 Å². The lowest BCUT2D eigenvalue weighted by Crippen LogP contribution is -2.48. The minimum absolute atomic E-state index is 0.200. The van der Waals surface area contributed by atoms with Crippen LogP contribution in [0.1, 0.15) is 31.1 Å². The Morgan fingerprint density at radius 2 is 2.11 bits per heavy atom. The quantitative estimate of drug-likeness (QED) is 0.672. The number of furan rings is 1. The molecule has 6 heteroatoms. The molecule has 0 fully saturated rings. The molecule has 0 aliphatic heterocycles. The minimum atomic E-state index is -0.587. The van der Waals surface area contributed by atoms with Crippen LogP contribution in [0.25, 0.3) is 0 Å². The van der Waals surface area contributed by atoms with E-state index in [0.29, 0.717) is 12.1 Å². The summed E-state index contributed by atoms with van der Waals surface area (Å²) in [5.41, 5.74) is 0.403. The van der Waals surface area contributed by atoms with Crippen LogP contribution in [0.2, 0.25) is 0 Å². The van der Waals surface area contributed by atoms with Crippen molar-refractivity contribution in [2.24, 2.45) is 0 Å². The second kappa shape index (κ2) is 7.58. The van der Waals surface area contributed by atoms with Crippen molar-refractivity contribution in [1.82, 2.24) is 16.0 Å². The zero-order valence-corrected chi connectivity index (χ0v) is 11.5. The van der Waals surface area contributed by atoms with Gasteiger partial charge in [-0.1, -0.05) is 6.92 Å². The number of rotatable bonds is 7. The highest BCUT2D eigenvalue weighted by atomic mass is 16.3. The first-order valence-corrected chi connectivity index (χ1v) is 6.38. The summed E-state index contributed by atoms with van der Waals surface area (Å²) in [6, 6.07) is 1.16. The van der Waals surface area contributed by atoms with Crippen LogP contribution in [-0.2, 0) is 4.79 Å². The molecule has 0 saturated heterocycles. The molecule has 3 N–H and O–H groups in total. The number of hydrogen-bond acceptors (Lipinski definition) is 4. The Balaban J connectivity index is 2.34. The molecule has 1 rings (SSSR count). The molecule has 0 aliphatic rings. The van der Waals surface area contributed by atoms with Crippen molar-refractivity contribution in [1.29, 1.82) is 0 Å². The summed E-state index contributed by atoms with van der Waals surface area (Å²) in [5.74, 6) is -0.530. The smallest absolute Gasteiger partial charge is 0.255 e. The van der Waals surface area contributed by atoms with Crippen LogP contribution in [0, 0.1) is 0 Å². The second-order valence-corrected chi connectivity index (χ2v) is 4.41. The molecule has 106 valence electrons. The molecule has 1 aromatic heterocycles. The third-order valence-electron chi connectivity index (χ3n) is 2.66. The van der Waals surface area contributed by atoms with Gasteiger partial charge in [-0.25, -0.2) is 0 Å². The van der Waals surface area contributed by atoms with Gasteiger partial charge in [-0.3, -0.25) is 9.59 Å². The van der Waals surface area contributed by atoms with Gasteiger partial charge < -0.3 is 20.4 Å². The van der Waals surface area contributed by atoms with E-state index in [1.807, 2.05) is 13.8 Å². The Morgan fingerprint density at radius 3 is 2.68 bits per heavy atom. The van der Waals surface area contributed by atoms with Gasteiger partial charge in [-0.2, -0.15) is 0 Å². The Morgan fingerprint density at radius 1 is 1.37 bits per heavy atom. The Hall–Kier alpha value is -1.82. The molecule has 2 atom stereocenters. The van der Waals surface area contributed by atoms with Gasteiger partial charge >= 0.3 is 0 Å². The molecular weight excluding hydrogens is 246 g/mol. The number of hydrogen-bond donors (Lipinski definition) is 3. The number of likely N-dealkylation sites (N-methyl/N-ethyl adjacent to an activating group) is 1. The van der Waals surface area contributed by atoms with Gasteiger partial charge in [-0.15, -0.1) is 0 Å². The van der Waals surface area contributed by atoms with E-state index in [0.717, 1.165) is 6.54 Å². The lowest BCUT2D eigenvalue weighted by atomic mass is 10.2. The molecule has 0 spiro atoms. The van der Waals surface area contributed by atoms with Gasteiger partial charge in [-0.05, 0) is 26.5 Å². The second-order valence-electron chi connectivity index (χ2n) is 4.41. The highest BCUT2D eigenvalue weighted by molar-refractivity contribution is 5.97. The van der Waals surface area contributed by atoms with Crippen molar-refractivity contribution in [3.8, 4) is 0 Å². The molecule has 1 aromatic rings. The fourth-order valence-corrected chi connectivity index (χ4v) is 1.57. The van der Waals surface area contributed by atoms with Crippen molar-refractivity contribution in [2.75, 3.05) is 13.1 Å². The summed E-state index contributed by atoms with van der Waals surface area (Å²) < 4.78 is 4.81. The van der Waals surface area contributed by atoms with Gasteiger partial charge in [0.25, 0.3) is 5.91 Å². The molecule has 1 heterocycles. The summed E-state index contributed by atoms with van der Waals surface area (Å²) in [5, 5.41) is 8.57. The van der Waals surface area contributed by atoms with Gasteiger partial charge in [0.05, 0.1) is 11.8 Å². The highest BCUT2D eigenvalue weighted by Crippen LogP contribution is 1.99. The van der Waals surface area contributed by atoms with Crippen LogP contribution in [-0.4, -0.2) is 37.0 Å². The van der Waals surface area contributed by atoms with Crippen LogP contribution >= 0.6 is 0 Å². The molecule has 0 bridgehead atoms. The molecule has 1 unspecified atom stereocenters. The first-order valence-electron chi connectivity index (χ1n) is 6.38. The average molecular weight is 267 g/mol. The van der Waals surface area contributed by atoms with E-state index in [9.17, 15) is 9.59 Å². The maximum absolute atomic E-state index is 11.8. The number of carbonyl (C=O) groups excluding carboxylic acids is 2. The maximum Gasteiger partial charge on any atom is 0.255 e. The zero-order chi connectivity index (χ0) is 14.3. The largest absolute Gasteiger partial charge is 0.472 e. The summed E-state index contributed by atoms with van der Waals surface area (Å²) in [7, 11) is 0. The fraction of sp³-hybridized carbons (Fsp3) is 0.538. The van der Waals surface area contributed by atoms with Crippen LogP contribution in [0.4, 0.5) is 0 Å². The average Bonchev–Trinajstić information content (AvgIpc) is 2.90. The molecule has 0 aromatic carbocycles. The minimum Gasteiger partial charge on any atom is -0.472 e. The summed E-state index contributed by atoms with van der Waals surface area (Å²) in [4.78, 5) is 23.5. The van der Waals surface area contributed by atoms with Crippen molar-refractivity contribution < 1.29 is 14.0 Å². The SMILES string of the molecule is CCN[C@H](C)CNC(=O)C(C)NC(=O)c1ccoc1. The fourth-order valence-electron chi connectivity index (χ4n) is 1.57. The van der Waals surface area contributed by atoms with Gasteiger partial charge in [0, 0.05) is 12.6 Å². The van der Waals surface area contributed by atoms with Gasteiger partial charge in [0.15, 0.2) is 0 Å². The molecule has 0 aliphatic carbocycles. The summed E-state index contributed by atoms with van der Waals surface area (Å²) >= 11 is 0. The lowest BCUT2D eigenvalue weighted by Gasteiger charge is -2.17. The van der Waals surface area contributed by atoms with E-state index in [1.54, 1.807) is 13.0 Å². The van der Waals surface area contributed by atoms with E-state index in [2.05, 4.69) is 16.0 Å². The monoisotopic (exact) mass is 267 g/mol. The molecule has 0 radical (unpaired) electrons. The van der Waals surface area contributed by atoms with Crippen LogP contribution in [0.15, 0.2) is 23.0 Å². The Labute approximate surface area is 112 Å². The summed E-state index contributed by atoms with van der Waals surface area (Å²) in [6.07, 6.45) is 2.75. The first kappa shape index (κ1) is 15.2. The van der Waals surface area contributed by atoms with E-state index in [-0.39, 0.29) is 17.9 Å². The van der Waals surface area contributed by atoms with Crippen LogP contribution < -0.4 is 16.0 Å². The van der Waals surface area contributed by atoms with Gasteiger partial charge in [0.1, 0.15) is 12.3 Å². The van der Waals surface area contributed by atoms with Crippen molar-refractivity contribution in [2.45, 2.75) is 32.9 Å². The standard InChI is InChI=1S/C13H21N3O3/c1-4-14-9(2)7-15-12(17)10(3)16-13(18)11-5-6-19-8-11/h5-6,8-10,14H,4,7H2,1-3H3,(H,15,17)(H,16,18)/t9-,10?/m1/s1. The van der Waals surface area contributed by atoms with E-state index in [1.165, 1.54) is 12.5 Å². The first-order chi connectivity index (χ1) is 9.04. The van der Waals surface area contributed by atoms with Crippen molar-refractivity contribution >= 4 is 11.8 Å². The molecule has 19 heavy (non-hydrogen) atoms. The third kappa shape index (κ3) is 5.13. The molecule has 2 amide bonds. The predicted molar refractivity (Wildman–Crippen MR) is 71.8 cm³/mol. The van der Waals surface area contributed by atoms with Crippen LogP contribution in [0.5, 0.6) is 0 Å². The Bertz CT molecular complexity index is 403. The number of amides is 2. The molecule has 0 saturated carbocycles.